The minimum Gasteiger partial charge on any atom is -0.383 e. The van der Waals surface area contributed by atoms with Gasteiger partial charge in [0.05, 0.1) is 12.5 Å². The van der Waals surface area contributed by atoms with E-state index in [0.29, 0.717) is 37.7 Å². The van der Waals surface area contributed by atoms with Gasteiger partial charge < -0.3 is 19.1 Å². The molecular weight excluding hydrogens is 310 g/mol. The van der Waals surface area contributed by atoms with Crippen molar-refractivity contribution >= 4 is 11.8 Å². The third-order valence-corrected chi connectivity index (χ3v) is 4.93. The van der Waals surface area contributed by atoms with Crippen LogP contribution in [0.4, 0.5) is 0 Å². The first-order valence-electron chi connectivity index (χ1n) is 8.56. The van der Waals surface area contributed by atoms with Gasteiger partial charge in [0.15, 0.2) is 5.69 Å². The molecule has 24 heavy (non-hydrogen) atoms. The van der Waals surface area contributed by atoms with E-state index in [1.54, 1.807) is 18.1 Å². The molecule has 0 radical (unpaired) electrons. The average molecular weight is 335 g/mol. The largest absolute Gasteiger partial charge is 0.383 e. The molecule has 3 aliphatic rings. The Morgan fingerprint density at radius 2 is 2.21 bits per heavy atom. The highest BCUT2D eigenvalue weighted by Gasteiger charge is 2.42. The molecule has 7 heteroatoms. The Bertz CT molecular complexity index is 613. The number of nitrogens with zero attached hydrogens (tertiary/aromatic N) is 3. The first-order chi connectivity index (χ1) is 11.5. The van der Waals surface area contributed by atoms with Gasteiger partial charge >= 0.3 is 0 Å². The fourth-order valence-corrected chi connectivity index (χ4v) is 3.51. The van der Waals surface area contributed by atoms with Crippen LogP contribution in [0.1, 0.15) is 48.9 Å². The summed E-state index contributed by atoms with van der Waals surface area (Å²) >= 11 is 0. The summed E-state index contributed by atoms with van der Waals surface area (Å²) in [4.78, 5) is 29.0. The first kappa shape index (κ1) is 17.0. The Morgan fingerprint density at radius 3 is 2.88 bits per heavy atom. The zero-order valence-electron chi connectivity index (χ0n) is 14.5. The predicted octanol–water partition coefficient (Wildman–Crippen LogP) is 1.51. The molecule has 2 bridgehead atoms. The lowest BCUT2D eigenvalue weighted by Gasteiger charge is -2.35. The van der Waals surface area contributed by atoms with Crippen molar-refractivity contribution < 1.29 is 18.8 Å². The van der Waals surface area contributed by atoms with Crippen molar-refractivity contribution in [3.05, 3.63) is 17.5 Å². The van der Waals surface area contributed by atoms with E-state index in [9.17, 15) is 9.59 Å². The van der Waals surface area contributed by atoms with Gasteiger partial charge in [-0.2, -0.15) is 0 Å². The monoisotopic (exact) mass is 335 g/mol. The molecular formula is C17H25N3O4. The van der Waals surface area contributed by atoms with Gasteiger partial charge in [0.25, 0.3) is 5.91 Å². The predicted molar refractivity (Wildman–Crippen MR) is 86.6 cm³/mol. The number of hydrogen-bond donors (Lipinski definition) is 0. The van der Waals surface area contributed by atoms with Gasteiger partial charge in [-0.25, -0.2) is 0 Å². The number of carbonyl (C=O) groups excluding carboxylic acids is 2. The van der Waals surface area contributed by atoms with Crippen LogP contribution in [0.25, 0.3) is 0 Å². The molecule has 132 valence electrons. The van der Waals surface area contributed by atoms with Gasteiger partial charge in [-0.05, 0) is 12.8 Å². The molecule has 1 aromatic heterocycles. The Morgan fingerprint density at radius 1 is 1.42 bits per heavy atom. The standard InChI is InChI=1S/C17H25N3O4/c1-11(2)15-8-14(18-24-15)17(22)19-9-12-4-5-13(10-19)20(16(12)21)6-7-23-3/h8,11-13H,4-7,9-10H2,1-3H3/t12-,13+/m1/s1. The molecule has 3 saturated heterocycles. The van der Waals surface area contributed by atoms with E-state index in [0.717, 1.165) is 12.8 Å². The summed E-state index contributed by atoms with van der Waals surface area (Å²) in [5.41, 5.74) is 0.330. The van der Waals surface area contributed by atoms with E-state index < -0.39 is 0 Å². The van der Waals surface area contributed by atoms with Crippen molar-refractivity contribution in [2.24, 2.45) is 5.92 Å². The van der Waals surface area contributed by atoms with Crippen molar-refractivity contribution in [3.8, 4) is 0 Å². The second-order valence-corrected chi connectivity index (χ2v) is 6.93. The second kappa shape index (κ2) is 6.93. The lowest BCUT2D eigenvalue weighted by atomic mass is 9.94. The van der Waals surface area contributed by atoms with Crippen LogP contribution >= 0.6 is 0 Å². The van der Waals surface area contributed by atoms with Crippen LogP contribution in [0.3, 0.4) is 0 Å². The van der Waals surface area contributed by atoms with Gasteiger partial charge in [-0.15, -0.1) is 0 Å². The maximum absolute atomic E-state index is 12.8. The fourth-order valence-electron chi connectivity index (χ4n) is 3.51. The summed E-state index contributed by atoms with van der Waals surface area (Å²) in [6.07, 6.45) is 1.77. The number of aromatic nitrogens is 1. The van der Waals surface area contributed by atoms with Gasteiger partial charge in [0.2, 0.25) is 5.91 Å². The van der Waals surface area contributed by atoms with Crippen molar-refractivity contribution in [3.63, 3.8) is 0 Å². The van der Waals surface area contributed by atoms with Crippen LogP contribution in [0.2, 0.25) is 0 Å². The molecule has 0 aromatic carbocycles. The molecule has 3 fully saturated rings. The molecule has 0 aliphatic carbocycles. The third-order valence-electron chi connectivity index (χ3n) is 4.93. The van der Waals surface area contributed by atoms with E-state index in [1.165, 1.54) is 0 Å². The SMILES string of the molecule is COCCN1C(=O)[C@@H]2CC[C@H]1CN(C(=O)c1cc(C(C)C)on1)C2. The van der Waals surface area contributed by atoms with Crippen molar-refractivity contribution in [2.75, 3.05) is 33.4 Å². The van der Waals surface area contributed by atoms with Gasteiger partial charge in [0, 0.05) is 44.8 Å². The molecule has 7 nitrogen and oxygen atoms in total. The highest BCUT2D eigenvalue weighted by Crippen LogP contribution is 2.30. The summed E-state index contributed by atoms with van der Waals surface area (Å²) in [7, 11) is 1.63. The Labute approximate surface area is 141 Å². The van der Waals surface area contributed by atoms with Crippen LogP contribution < -0.4 is 0 Å². The molecule has 0 saturated carbocycles. The third kappa shape index (κ3) is 3.17. The van der Waals surface area contributed by atoms with E-state index in [1.807, 2.05) is 18.7 Å². The summed E-state index contributed by atoms with van der Waals surface area (Å²) in [6, 6.07) is 1.77. The molecule has 0 unspecified atom stereocenters. The molecule has 2 amide bonds. The number of piperidine rings is 1. The highest BCUT2D eigenvalue weighted by molar-refractivity contribution is 5.93. The Hall–Kier alpha value is -1.89. The van der Waals surface area contributed by atoms with Crippen molar-refractivity contribution in [2.45, 2.75) is 38.6 Å². The van der Waals surface area contributed by atoms with Crippen LogP contribution in [0.15, 0.2) is 10.6 Å². The van der Waals surface area contributed by atoms with E-state index >= 15 is 0 Å². The van der Waals surface area contributed by atoms with Crippen molar-refractivity contribution in [1.29, 1.82) is 0 Å². The molecule has 4 rings (SSSR count). The molecule has 1 aromatic rings. The lowest BCUT2D eigenvalue weighted by Crippen LogP contribution is -2.49. The Balaban J connectivity index is 1.75. The fraction of sp³-hybridized carbons (Fsp3) is 0.706. The zero-order valence-corrected chi connectivity index (χ0v) is 14.5. The Kier molecular flexibility index (Phi) is 4.89. The van der Waals surface area contributed by atoms with Crippen LogP contribution in [-0.2, 0) is 9.53 Å². The van der Waals surface area contributed by atoms with Crippen molar-refractivity contribution in [1.82, 2.24) is 15.0 Å². The van der Waals surface area contributed by atoms with Crippen LogP contribution in [0.5, 0.6) is 0 Å². The molecule has 4 heterocycles. The van der Waals surface area contributed by atoms with Gasteiger partial charge in [-0.3, -0.25) is 9.59 Å². The number of methoxy groups -OCH3 is 1. The summed E-state index contributed by atoms with van der Waals surface area (Å²) in [5.74, 6) is 0.756. The number of carbonyl (C=O) groups is 2. The number of rotatable bonds is 5. The van der Waals surface area contributed by atoms with Crippen LogP contribution in [-0.4, -0.2) is 66.2 Å². The number of ether oxygens (including phenoxy) is 1. The quantitative estimate of drug-likeness (QED) is 0.815. The maximum atomic E-state index is 12.8. The summed E-state index contributed by atoms with van der Waals surface area (Å²) in [6.45, 7) is 6.10. The van der Waals surface area contributed by atoms with Gasteiger partial charge in [0.1, 0.15) is 5.76 Å². The first-order valence-corrected chi connectivity index (χ1v) is 8.56. The minimum absolute atomic E-state index is 0.0619. The molecule has 0 N–H and O–H groups in total. The molecule has 3 aliphatic heterocycles. The topological polar surface area (TPSA) is 75.9 Å². The highest BCUT2D eigenvalue weighted by atomic mass is 16.5. The minimum atomic E-state index is -0.149. The van der Waals surface area contributed by atoms with E-state index in [2.05, 4.69) is 5.16 Å². The number of amides is 2. The smallest absolute Gasteiger partial charge is 0.276 e. The molecule has 2 atom stereocenters. The maximum Gasteiger partial charge on any atom is 0.276 e. The number of fused-ring (bicyclic) bond motifs is 4. The van der Waals surface area contributed by atoms with E-state index in [-0.39, 0.29) is 29.7 Å². The summed E-state index contributed by atoms with van der Waals surface area (Å²) in [5, 5.41) is 3.92. The lowest BCUT2D eigenvalue weighted by molar-refractivity contribution is -0.140. The van der Waals surface area contributed by atoms with Crippen LogP contribution in [0, 0.1) is 5.92 Å². The van der Waals surface area contributed by atoms with E-state index in [4.69, 9.17) is 9.26 Å². The number of hydrogen-bond acceptors (Lipinski definition) is 5. The normalized spacial score (nSPS) is 23.9. The average Bonchev–Trinajstić information content (AvgIpc) is 2.90. The molecule has 0 spiro atoms. The van der Waals surface area contributed by atoms with Gasteiger partial charge in [-0.1, -0.05) is 19.0 Å². The second-order valence-electron chi connectivity index (χ2n) is 6.93. The zero-order chi connectivity index (χ0) is 17.3. The summed E-state index contributed by atoms with van der Waals surface area (Å²) < 4.78 is 10.4.